The van der Waals surface area contributed by atoms with Crippen LogP contribution in [-0.4, -0.2) is 38.5 Å². The van der Waals surface area contributed by atoms with Crippen molar-refractivity contribution in [1.82, 2.24) is 0 Å². The summed E-state index contributed by atoms with van der Waals surface area (Å²) in [7, 11) is 0. The van der Waals surface area contributed by atoms with Crippen LogP contribution >= 0.6 is 11.6 Å². The van der Waals surface area contributed by atoms with Gasteiger partial charge in [0.2, 0.25) is 0 Å². The van der Waals surface area contributed by atoms with Crippen LogP contribution in [-0.2, 0) is 19.0 Å². The lowest BCUT2D eigenvalue weighted by Gasteiger charge is -2.29. The van der Waals surface area contributed by atoms with E-state index >= 15 is 0 Å². The predicted molar refractivity (Wildman–Crippen MR) is 129 cm³/mol. The number of carbonyl (C=O) groups excluding carboxylic acids is 2. The van der Waals surface area contributed by atoms with Gasteiger partial charge in [-0.1, -0.05) is 36.7 Å². The van der Waals surface area contributed by atoms with Crippen molar-refractivity contribution in [3.05, 3.63) is 59.6 Å². The number of halogens is 1. The van der Waals surface area contributed by atoms with Crippen molar-refractivity contribution in [1.29, 1.82) is 0 Å². The summed E-state index contributed by atoms with van der Waals surface area (Å²) >= 11 is 6.02. The molecule has 0 spiro atoms. The zero-order valence-electron chi connectivity index (χ0n) is 19.1. The summed E-state index contributed by atoms with van der Waals surface area (Å²) in [4.78, 5) is 26.1. The normalized spacial score (nSPS) is 17.9. The third-order valence-corrected chi connectivity index (χ3v) is 5.98. The summed E-state index contributed by atoms with van der Waals surface area (Å²) in [5, 5.41) is 0.610. The SMILES string of the molecule is CCCOC(=O)COCC1CCC(COC(=O)N(c2ccccc2)c2ccc(Cl)cc2)CC1. The van der Waals surface area contributed by atoms with Gasteiger partial charge in [0.1, 0.15) is 6.61 Å². The summed E-state index contributed by atoms with van der Waals surface area (Å²) in [5.74, 6) is 0.439. The summed E-state index contributed by atoms with van der Waals surface area (Å²) in [6, 6.07) is 16.6. The third-order valence-electron chi connectivity index (χ3n) is 5.73. The number of ether oxygens (including phenoxy) is 3. The lowest BCUT2D eigenvalue weighted by atomic mass is 9.83. The zero-order valence-corrected chi connectivity index (χ0v) is 19.8. The second-order valence-corrected chi connectivity index (χ2v) is 8.78. The highest BCUT2D eigenvalue weighted by molar-refractivity contribution is 6.30. The molecule has 1 aliphatic carbocycles. The number of nitrogens with zero attached hydrogens (tertiary/aromatic N) is 1. The Morgan fingerprint density at radius 3 is 2.12 bits per heavy atom. The van der Waals surface area contributed by atoms with Crippen LogP contribution in [0.5, 0.6) is 0 Å². The van der Waals surface area contributed by atoms with Crippen LogP contribution in [0.4, 0.5) is 16.2 Å². The van der Waals surface area contributed by atoms with Crippen LogP contribution < -0.4 is 4.90 Å². The highest BCUT2D eigenvalue weighted by Gasteiger charge is 2.25. The second kappa shape index (κ2) is 13.2. The molecule has 0 aromatic heterocycles. The van der Waals surface area contributed by atoms with Gasteiger partial charge >= 0.3 is 12.1 Å². The van der Waals surface area contributed by atoms with Crippen LogP contribution in [0.1, 0.15) is 39.0 Å². The molecular formula is C26H32ClNO5. The van der Waals surface area contributed by atoms with Gasteiger partial charge in [0, 0.05) is 5.02 Å². The first-order valence-corrected chi connectivity index (χ1v) is 12.0. The van der Waals surface area contributed by atoms with Crippen molar-refractivity contribution in [3.63, 3.8) is 0 Å². The van der Waals surface area contributed by atoms with Crippen LogP contribution in [0.15, 0.2) is 54.6 Å². The Morgan fingerprint density at radius 1 is 0.879 bits per heavy atom. The molecule has 0 heterocycles. The first kappa shape index (κ1) is 25.1. The average molecular weight is 474 g/mol. The zero-order chi connectivity index (χ0) is 23.5. The molecule has 1 amide bonds. The minimum absolute atomic E-state index is 0.0115. The van der Waals surface area contributed by atoms with E-state index in [0.29, 0.717) is 42.4 Å². The number of hydrogen-bond acceptors (Lipinski definition) is 5. The van der Waals surface area contributed by atoms with E-state index in [-0.39, 0.29) is 12.6 Å². The van der Waals surface area contributed by atoms with E-state index in [1.165, 1.54) is 0 Å². The maximum atomic E-state index is 13.0. The maximum Gasteiger partial charge on any atom is 0.418 e. The molecule has 0 unspecified atom stereocenters. The Hall–Kier alpha value is -2.57. The van der Waals surface area contributed by atoms with Gasteiger partial charge in [-0.2, -0.15) is 0 Å². The highest BCUT2D eigenvalue weighted by Crippen LogP contribution is 2.31. The summed E-state index contributed by atoms with van der Waals surface area (Å²) < 4.78 is 16.3. The summed E-state index contributed by atoms with van der Waals surface area (Å²) in [6.07, 6.45) is 4.32. The molecule has 0 bridgehead atoms. The topological polar surface area (TPSA) is 65.1 Å². The molecule has 2 aromatic carbocycles. The van der Waals surface area contributed by atoms with Gasteiger partial charge in [-0.3, -0.25) is 0 Å². The van der Waals surface area contributed by atoms with Crippen LogP contribution in [0.3, 0.4) is 0 Å². The average Bonchev–Trinajstić information content (AvgIpc) is 2.84. The van der Waals surface area contributed by atoms with E-state index in [1.807, 2.05) is 37.3 Å². The fourth-order valence-corrected chi connectivity index (χ4v) is 4.04. The molecule has 6 nitrogen and oxygen atoms in total. The van der Waals surface area contributed by atoms with Gasteiger partial charge in [-0.05, 0) is 80.3 Å². The smallest absolute Gasteiger partial charge is 0.418 e. The largest absolute Gasteiger partial charge is 0.464 e. The molecule has 7 heteroatoms. The minimum atomic E-state index is -0.403. The molecular weight excluding hydrogens is 442 g/mol. The molecule has 0 atom stereocenters. The molecule has 1 aliphatic rings. The van der Waals surface area contributed by atoms with Gasteiger partial charge in [0.05, 0.1) is 31.2 Å². The van der Waals surface area contributed by atoms with Crippen molar-refractivity contribution in [2.45, 2.75) is 39.0 Å². The van der Waals surface area contributed by atoms with E-state index in [2.05, 4.69) is 0 Å². The van der Waals surface area contributed by atoms with E-state index in [9.17, 15) is 9.59 Å². The lowest BCUT2D eigenvalue weighted by Crippen LogP contribution is -2.30. The van der Waals surface area contributed by atoms with E-state index in [1.54, 1.807) is 29.2 Å². The Balaban J connectivity index is 1.45. The second-order valence-electron chi connectivity index (χ2n) is 8.35. The van der Waals surface area contributed by atoms with Gasteiger partial charge in [0.25, 0.3) is 0 Å². The molecule has 178 valence electrons. The number of amides is 1. The number of benzene rings is 2. The predicted octanol–water partition coefficient (Wildman–Crippen LogP) is 6.39. The summed E-state index contributed by atoms with van der Waals surface area (Å²) in [5.41, 5.74) is 1.44. The van der Waals surface area contributed by atoms with Gasteiger partial charge < -0.3 is 14.2 Å². The number of anilines is 2. The van der Waals surface area contributed by atoms with Crippen LogP contribution in [0.25, 0.3) is 0 Å². The molecule has 0 aliphatic heterocycles. The van der Waals surface area contributed by atoms with E-state index < -0.39 is 6.09 Å². The van der Waals surface area contributed by atoms with Crippen molar-refractivity contribution in [2.75, 3.05) is 31.3 Å². The maximum absolute atomic E-state index is 13.0. The molecule has 0 saturated heterocycles. The summed E-state index contributed by atoms with van der Waals surface area (Å²) in [6.45, 7) is 3.35. The highest BCUT2D eigenvalue weighted by atomic mass is 35.5. The van der Waals surface area contributed by atoms with Crippen molar-refractivity contribution in [2.24, 2.45) is 11.8 Å². The number of esters is 1. The van der Waals surface area contributed by atoms with Crippen molar-refractivity contribution < 1.29 is 23.8 Å². The van der Waals surface area contributed by atoms with E-state index in [0.717, 1.165) is 37.8 Å². The quantitative estimate of drug-likeness (QED) is 0.374. The Bertz CT molecular complexity index is 866. The molecule has 2 aromatic rings. The fourth-order valence-electron chi connectivity index (χ4n) is 3.91. The minimum Gasteiger partial charge on any atom is -0.464 e. The molecule has 0 radical (unpaired) electrons. The molecule has 1 fully saturated rings. The molecule has 1 saturated carbocycles. The number of rotatable bonds is 10. The van der Waals surface area contributed by atoms with Gasteiger partial charge in [-0.25, -0.2) is 14.5 Å². The van der Waals surface area contributed by atoms with Crippen LogP contribution in [0, 0.1) is 11.8 Å². The van der Waals surface area contributed by atoms with E-state index in [4.69, 9.17) is 25.8 Å². The van der Waals surface area contributed by atoms with Gasteiger partial charge in [0.15, 0.2) is 0 Å². The molecule has 3 rings (SSSR count). The third kappa shape index (κ3) is 8.06. The first-order chi connectivity index (χ1) is 16.1. The Kier molecular flexibility index (Phi) is 10.0. The monoisotopic (exact) mass is 473 g/mol. The number of carbonyl (C=O) groups is 2. The van der Waals surface area contributed by atoms with Crippen molar-refractivity contribution in [3.8, 4) is 0 Å². The van der Waals surface area contributed by atoms with Gasteiger partial charge in [-0.15, -0.1) is 0 Å². The fraction of sp³-hybridized carbons (Fsp3) is 0.462. The lowest BCUT2D eigenvalue weighted by molar-refractivity contribution is -0.149. The number of para-hydroxylation sites is 1. The first-order valence-electron chi connectivity index (χ1n) is 11.6. The Morgan fingerprint density at radius 2 is 1.48 bits per heavy atom. The van der Waals surface area contributed by atoms with Crippen molar-refractivity contribution >= 4 is 35.0 Å². The Labute approximate surface area is 200 Å². The standard InChI is InChI=1S/C26H32ClNO5/c1-2-16-32-25(29)19-31-17-20-8-10-21(11-9-20)18-33-26(30)28(23-6-4-3-5-7-23)24-14-12-22(27)13-15-24/h3-7,12-15,20-21H,2,8-11,16-19H2,1H3. The molecule has 33 heavy (non-hydrogen) atoms. The molecule has 0 N–H and O–H groups in total. The number of hydrogen-bond donors (Lipinski definition) is 0. The van der Waals surface area contributed by atoms with Crippen LogP contribution in [0.2, 0.25) is 5.02 Å².